The highest BCUT2D eigenvalue weighted by Gasteiger charge is 2.25. The van der Waals surface area contributed by atoms with Crippen molar-refractivity contribution < 1.29 is 23.4 Å². The number of nitrogens with zero attached hydrogens (tertiary/aromatic N) is 1. The lowest BCUT2D eigenvalue weighted by atomic mass is 10.1. The average molecular weight is 329 g/mol. The quantitative estimate of drug-likeness (QED) is 0.844. The predicted molar refractivity (Wildman–Crippen MR) is 85.0 cm³/mol. The molecular formula is C18H19NO5. The minimum atomic E-state index is -0.0693. The number of ether oxygens (including phenoxy) is 3. The van der Waals surface area contributed by atoms with Crippen LogP contribution in [0, 0.1) is 0 Å². The van der Waals surface area contributed by atoms with Crippen molar-refractivity contribution in [2.75, 3.05) is 19.9 Å². The molecular weight excluding hydrogens is 310 g/mol. The van der Waals surface area contributed by atoms with Crippen molar-refractivity contribution in [3.8, 4) is 11.5 Å². The third kappa shape index (κ3) is 3.10. The Balaban J connectivity index is 1.55. The molecule has 24 heavy (non-hydrogen) atoms. The Bertz CT molecular complexity index is 706. The van der Waals surface area contributed by atoms with Gasteiger partial charge < -0.3 is 23.5 Å². The van der Waals surface area contributed by atoms with Gasteiger partial charge in [0.05, 0.1) is 18.9 Å². The van der Waals surface area contributed by atoms with E-state index in [9.17, 15) is 4.79 Å². The van der Waals surface area contributed by atoms with E-state index in [4.69, 9.17) is 18.6 Å². The molecule has 126 valence electrons. The molecule has 1 aromatic heterocycles. The van der Waals surface area contributed by atoms with Crippen LogP contribution in [-0.4, -0.2) is 36.9 Å². The van der Waals surface area contributed by atoms with Gasteiger partial charge in [0, 0.05) is 18.7 Å². The van der Waals surface area contributed by atoms with E-state index in [-0.39, 0.29) is 18.8 Å². The van der Waals surface area contributed by atoms with Crippen LogP contribution in [-0.2, 0) is 11.3 Å². The molecule has 6 nitrogen and oxygen atoms in total. The number of carbonyl (C=O) groups excluding carboxylic acids is 1. The summed E-state index contributed by atoms with van der Waals surface area (Å²) in [7, 11) is 0. The highest BCUT2D eigenvalue weighted by molar-refractivity contribution is 5.95. The number of fused-ring (bicyclic) bond motifs is 1. The van der Waals surface area contributed by atoms with Crippen molar-refractivity contribution in [2.24, 2.45) is 0 Å². The third-order valence-electron chi connectivity index (χ3n) is 4.28. The molecule has 0 saturated carbocycles. The molecule has 4 rings (SSSR count). The normalized spacial score (nSPS) is 18.8. The first kappa shape index (κ1) is 15.1. The molecule has 2 aliphatic rings. The summed E-state index contributed by atoms with van der Waals surface area (Å²) in [5.74, 6) is 1.96. The molecule has 3 heterocycles. The lowest BCUT2D eigenvalue weighted by Crippen LogP contribution is -2.36. The molecule has 1 saturated heterocycles. The van der Waals surface area contributed by atoms with Crippen LogP contribution in [0.15, 0.2) is 41.0 Å². The fourth-order valence-corrected chi connectivity index (χ4v) is 3.06. The third-order valence-corrected chi connectivity index (χ3v) is 4.28. The van der Waals surface area contributed by atoms with Gasteiger partial charge in [-0.1, -0.05) is 0 Å². The van der Waals surface area contributed by atoms with Gasteiger partial charge in [-0.05, 0) is 43.2 Å². The second kappa shape index (κ2) is 6.57. The van der Waals surface area contributed by atoms with Gasteiger partial charge in [-0.3, -0.25) is 4.79 Å². The fourth-order valence-electron chi connectivity index (χ4n) is 3.06. The number of carbonyl (C=O) groups is 1. The lowest BCUT2D eigenvalue weighted by Gasteiger charge is -2.24. The minimum absolute atomic E-state index is 0.0693. The molecule has 1 unspecified atom stereocenters. The van der Waals surface area contributed by atoms with E-state index in [1.165, 1.54) is 0 Å². The van der Waals surface area contributed by atoms with Gasteiger partial charge in [0.2, 0.25) is 6.79 Å². The number of rotatable bonds is 5. The van der Waals surface area contributed by atoms with E-state index in [2.05, 4.69) is 0 Å². The zero-order valence-electron chi connectivity index (χ0n) is 13.3. The van der Waals surface area contributed by atoms with Crippen LogP contribution in [0.2, 0.25) is 0 Å². The monoisotopic (exact) mass is 329 g/mol. The van der Waals surface area contributed by atoms with Gasteiger partial charge in [-0.25, -0.2) is 0 Å². The van der Waals surface area contributed by atoms with E-state index in [1.54, 1.807) is 29.4 Å². The highest BCUT2D eigenvalue weighted by atomic mass is 16.7. The summed E-state index contributed by atoms with van der Waals surface area (Å²) in [6.07, 6.45) is 3.71. The average Bonchev–Trinajstić information content (AvgIpc) is 3.35. The summed E-state index contributed by atoms with van der Waals surface area (Å²) >= 11 is 0. The van der Waals surface area contributed by atoms with Crippen molar-refractivity contribution in [3.63, 3.8) is 0 Å². The van der Waals surface area contributed by atoms with Crippen molar-refractivity contribution in [3.05, 3.63) is 47.9 Å². The first-order valence-corrected chi connectivity index (χ1v) is 8.12. The molecule has 2 aromatic rings. The van der Waals surface area contributed by atoms with Crippen molar-refractivity contribution in [1.82, 2.24) is 4.90 Å². The molecule has 1 atom stereocenters. The fraction of sp³-hybridized carbons (Fsp3) is 0.389. The van der Waals surface area contributed by atoms with E-state index in [1.807, 2.05) is 12.1 Å². The zero-order valence-corrected chi connectivity index (χ0v) is 13.3. The summed E-state index contributed by atoms with van der Waals surface area (Å²) in [5, 5.41) is 0. The smallest absolute Gasteiger partial charge is 0.254 e. The second-order valence-electron chi connectivity index (χ2n) is 5.97. The van der Waals surface area contributed by atoms with Crippen LogP contribution in [0.4, 0.5) is 0 Å². The standard InChI is InChI=1S/C18H19NO5/c20-18(13-5-6-16-17(9-13)24-12-23-16)19(10-14-3-1-7-21-14)11-15-4-2-8-22-15/h1,3,5-7,9,15H,2,4,8,10-12H2. The Kier molecular flexibility index (Phi) is 4.13. The van der Waals surface area contributed by atoms with Gasteiger partial charge in [0.1, 0.15) is 5.76 Å². The summed E-state index contributed by atoms with van der Waals surface area (Å²) in [6.45, 7) is 1.92. The summed E-state index contributed by atoms with van der Waals surface area (Å²) < 4.78 is 21.8. The van der Waals surface area contributed by atoms with Gasteiger partial charge in [-0.2, -0.15) is 0 Å². The molecule has 0 spiro atoms. The van der Waals surface area contributed by atoms with Crippen LogP contribution in [0.3, 0.4) is 0 Å². The minimum Gasteiger partial charge on any atom is -0.467 e. The SMILES string of the molecule is O=C(c1ccc2c(c1)OCO2)N(Cc1ccco1)CC1CCCO1. The molecule has 6 heteroatoms. The first-order valence-electron chi connectivity index (χ1n) is 8.12. The van der Waals surface area contributed by atoms with Crippen molar-refractivity contribution in [2.45, 2.75) is 25.5 Å². The Morgan fingerprint density at radius 3 is 2.92 bits per heavy atom. The maximum atomic E-state index is 13.0. The summed E-state index contributed by atoms with van der Waals surface area (Å²) in [6, 6.07) is 8.96. The molecule has 0 N–H and O–H groups in total. The van der Waals surface area contributed by atoms with E-state index < -0.39 is 0 Å². The van der Waals surface area contributed by atoms with E-state index in [0.29, 0.717) is 30.2 Å². The maximum Gasteiger partial charge on any atom is 0.254 e. The highest BCUT2D eigenvalue weighted by Crippen LogP contribution is 2.33. The molecule has 0 aliphatic carbocycles. The second-order valence-corrected chi connectivity index (χ2v) is 5.97. The van der Waals surface area contributed by atoms with Gasteiger partial charge >= 0.3 is 0 Å². The molecule has 1 amide bonds. The molecule has 1 aromatic carbocycles. The molecule has 2 aliphatic heterocycles. The number of furan rings is 1. The largest absolute Gasteiger partial charge is 0.467 e. The van der Waals surface area contributed by atoms with Crippen molar-refractivity contribution in [1.29, 1.82) is 0 Å². The summed E-state index contributed by atoms with van der Waals surface area (Å²) in [5.41, 5.74) is 0.573. The summed E-state index contributed by atoms with van der Waals surface area (Å²) in [4.78, 5) is 14.8. The lowest BCUT2D eigenvalue weighted by molar-refractivity contribution is 0.0491. The first-order chi connectivity index (χ1) is 11.8. The van der Waals surface area contributed by atoms with Crippen LogP contribution in [0.25, 0.3) is 0 Å². The van der Waals surface area contributed by atoms with Crippen LogP contribution in [0.5, 0.6) is 11.5 Å². The van der Waals surface area contributed by atoms with Gasteiger partial charge in [0.25, 0.3) is 5.91 Å². The molecule has 1 fully saturated rings. The number of hydrogen-bond acceptors (Lipinski definition) is 5. The maximum absolute atomic E-state index is 13.0. The zero-order chi connectivity index (χ0) is 16.4. The predicted octanol–water partition coefficient (Wildman–Crippen LogP) is 2.83. The number of hydrogen-bond donors (Lipinski definition) is 0. The van der Waals surface area contributed by atoms with E-state index >= 15 is 0 Å². The van der Waals surface area contributed by atoms with Gasteiger partial charge in [-0.15, -0.1) is 0 Å². The van der Waals surface area contributed by atoms with Crippen LogP contribution >= 0.6 is 0 Å². The van der Waals surface area contributed by atoms with Crippen molar-refractivity contribution >= 4 is 5.91 Å². The Labute approximate surface area is 139 Å². The Morgan fingerprint density at radius 1 is 1.21 bits per heavy atom. The molecule has 0 bridgehead atoms. The molecule has 0 radical (unpaired) electrons. The van der Waals surface area contributed by atoms with Crippen LogP contribution in [0.1, 0.15) is 29.0 Å². The Morgan fingerprint density at radius 2 is 2.12 bits per heavy atom. The van der Waals surface area contributed by atoms with Gasteiger partial charge in [0.15, 0.2) is 11.5 Å². The topological polar surface area (TPSA) is 61.1 Å². The number of amides is 1. The van der Waals surface area contributed by atoms with Crippen LogP contribution < -0.4 is 9.47 Å². The Hall–Kier alpha value is -2.47. The number of benzene rings is 1. The van der Waals surface area contributed by atoms with E-state index in [0.717, 1.165) is 25.2 Å².